The SMILES string of the molecule is CCn1c(SCc2cc(=O)n3c(n2)sc2ccccc23)nnc1-c1ccco1. The van der Waals surface area contributed by atoms with Crippen LogP contribution in [0.2, 0.25) is 0 Å². The summed E-state index contributed by atoms with van der Waals surface area (Å²) in [5, 5.41) is 9.31. The van der Waals surface area contributed by atoms with E-state index < -0.39 is 0 Å². The van der Waals surface area contributed by atoms with Gasteiger partial charge in [-0.1, -0.05) is 35.2 Å². The number of nitrogens with zero attached hydrogens (tertiary/aromatic N) is 5. The first kappa shape index (κ1) is 17.2. The zero-order chi connectivity index (χ0) is 19.1. The van der Waals surface area contributed by atoms with Crippen molar-refractivity contribution in [3.8, 4) is 11.6 Å². The molecule has 0 saturated carbocycles. The van der Waals surface area contributed by atoms with Crippen molar-refractivity contribution < 1.29 is 4.42 Å². The molecule has 9 heteroatoms. The predicted octanol–water partition coefficient (Wildman–Crippen LogP) is 4.07. The molecule has 0 fully saturated rings. The fourth-order valence-electron chi connectivity index (χ4n) is 3.10. The topological polar surface area (TPSA) is 78.2 Å². The fourth-order valence-corrected chi connectivity index (χ4v) is 5.05. The van der Waals surface area contributed by atoms with Gasteiger partial charge in [0.05, 0.1) is 22.2 Å². The third-order valence-corrected chi connectivity index (χ3v) is 6.39. The monoisotopic (exact) mass is 409 g/mol. The molecule has 5 rings (SSSR count). The van der Waals surface area contributed by atoms with Crippen LogP contribution in [0.15, 0.2) is 63.1 Å². The Hall–Kier alpha value is -2.91. The zero-order valence-electron chi connectivity index (χ0n) is 14.9. The second-order valence-electron chi connectivity index (χ2n) is 6.09. The standard InChI is InChI=1S/C19H15N5O2S2/c1-2-23-17(14-7-5-9-26-14)21-22-19(23)27-11-12-10-16(25)24-13-6-3-4-8-15(13)28-18(24)20-12/h3-10H,2,11H2,1H3. The van der Waals surface area contributed by atoms with Gasteiger partial charge in [0.2, 0.25) is 0 Å². The molecule has 0 radical (unpaired) electrons. The number of hydrogen-bond donors (Lipinski definition) is 0. The van der Waals surface area contributed by atoms with Gasteiger partial charge < -0.3 is 4.42 Å². The van der Waals surface area contributed by atoms with Crippen LogP contribution in [0.5, 0.6) is 0 Å². The highest BCUT2D eigenvalue weighted by molar-refractivity contribution is 7.98. The molecule has 0 saturated heterocycles. The first-order valence-electron chi connectivity index (χ1n) is 8.74. The molecule has 0 spiro atoms. The lowest BCUT2D eigenvalue weighted by molar-refractivity contribution is 0.567. The van der Waals surface area contributed by atoms with Crippen molar-refractivity contribution in [3.63, 3.8) is 0 Å². The minimum atomic E-state index is -0.0636. The number of furan rings is 1. The molecule has 4 aromatic heterocycles. The molecule has 0 amide bonds. The third-order valence-electron chi connectivity index (χ3n) is 4.37. The Kier molecular flexibility index (Phi) is 4.25. The van der Waals surface area contributed by atoms with E-state index in [1.54, 1.807) is 16.7 Å². The number of thiazole rings is 1. The Labute approximate surface area is 167 Å². The first-order chi connectivity index (χ1) is 13.7. The number of rotatable bonds is 5. The molecule has 0 N–H and O–H groups in total. The molecule has 28 heavy (non-hydrogen) atoms. The maximum Gasteiger partial charge on any atom is 0.259 e. The van der Waals surface area contributed by atoms with Crippen LogP contribution in [0.25, 0.3) is 26.8 Å². The van der Waals surface area contributed by atoms with Gasteiger partial charge in [-0.25, -0.2) is 4.98 Å². The van der Waals surface area contributed by atoms with Gasteiger partial charge in [0.15, 0.2) is 21.7 Å². The van der Waals surface area contributed by atoms with Crippen molar-refractivity contribution in [1.29, 1.82) is 0 Å². The second-order valence-corrected chi connectivity index (χ2v) is 8.04. The summed E-state index contributed by atoms with van der Waals surface area (Å²) >= 11 is 3.03. The van der Waals surface area contributed by atoms with Crippen molar-refractivity contribution in [3.05, 3.63) is 64.8 Å². The maximum absolute atomic E-state index is 12.6. The average molecular weight is 409 g/mol. The van der Waals surface area contributed by atoms with Gasteiger partial charge in [0.25, 0.3) is 5.56 Å². The van der Waals surface area contributed by atoms with Crippen LogP contribution in [0, 0.1) is 0 Å². The van der Waals surface area contributed by atoms with Gasteiger partial charge in [-0.3, -0.25) is 13.8 Å². The van der Waals surface area contributed by atoms with E-state index in [9.17, 15) is 4.79 Å². The molecular weight excluding hydrogens is 394 g/mol. The van der Waals surface area contributed by atoms with Crippen molar-refractivity contribution >= 4 is 38.3 Å². The molecule has 7 nitrogen and oxygen atoms in total. The highest BCUT2D eigenvalue weighted by atomic mass is 32.2. The van der Waals surface area contributed by atoms with E-state index in [0.29, 0.717) is 22.3 Å². The van der Waals surface area contributed by atoms with Crippen LogP contribution >= 0.6 is 23.1 Å². The summed E-state index contributed by atoms with van der Waals surface area (Å²) in [5.41, 5.74) is 1.56. The molecule has 0 unspecified atom stereocenters. The van der Waals surface area contributed by atoms with Crippen LogP contribution < -0.4 is 5.56 Å². The summed E-state index contributed by atoms with van der Waals surface area (Å²) in [6.07, 6.45) is 1.62. The fraction of sp³-hybridized carbons (Fsp3) is 0.158. The molecule has 0 bridgehead atoms. The Balaban J connectivity index is 1.47. The summed E-state index contributed by atoms with van der Waals surface area (Å²) in [5.74, 6) is 1.92. The molecule has 5 aromatic rings. The minimum Gasteiger partial charge on any atom is -0.461 e. The molecule has 1 aromatic carbocycles. The molecule has 0 aliphatic carbocycles. The molecule has 4 heterocycles. The summed E-state index contributed by atoms with van der Waals surface area (Å²) in [6, 6.07) is 13.1. The van der Waals surface area contributed by atoms with E-state index >= 15 is 0 Å². The van der Waals surface area contributed by atoms with E-state index in [-0.39, 0.29) is 5.56 Å². The normalized spacial score (nSPS) is 11.6. The Bertz CT molecular complexity index is 1330. The number of para-hydroxylation sites is 1. The van der Waals surface area contributed by atoms with E-state index in [1.165, 1.54) is 23.1 Å². The van der Waals surface area contributed by atoms with E-state index in [1.807, 2.05) is 47.9 Å². The van der Waals surface area contributed by atoms with Gasteiger partial charge in [-0.15, -0.1) is 10.2 Å². The zero-order valence-corrected chi connectivity index (χ0v) is 16.5. The average Bonchev–Trinajstić information content (AvgIpc) is 3.43. The van der Waals surface area contributed by atoms with E-state index in [2.05, 4.69) is 15.2 Å². The van der Waals surface area contributed by atoms with Gasteiger partial charge >= 0.3 is 0 Å². The number of fused-ring (bicyclic) bond motifs is 3. The lowest BCUT2D eigenvalue weighted by atomic mass is 10.3. The van der Waals surface area contributed by atoms with Gasteiger partial charge in [0, 0.05) is 18.4 Å². The van der Waals surface area contributed by atoms with Crippen LogP contribution in [0.3, 0.4) is 0 Å². The van der Waals surface area contributed by atoms with Gasteiger partial charge in [-0.05, 0) is 31.2 Å². The van der Waals surface area contributed by atoms with Crippen LogP contribution in [0.4, 0.5) is 0 Å². The molecular formula is C19H15N5O2S2. The lowest BCUT2D eigenvalue weighted by Crippen LogP contribution is -2.13. The van der Waals surface area contributed by atoms with Gasteiger partial charge in [0.1, 0.15) is 0 Å². The van der Waals surface area contributed by atoms with Crippen molar-refractivity contribution in [2.75, 3.05) is 0 Å². The predicted molar refractivity (Wildman–Crippen MR) is 110 cm³/mol. The minimum absolute atomic E-state index is 0.0636. The summed E-state index contributed by atoms with van der Waals surface area (Å²) in [6.45, 7) is 2.75. The van der Waals surface area contributed by atoms with Crippen molar-refractivity contribution in [1.82, 2.24) is 24.1 Å². The van der Waals surface area contributed by atoms with Crippen LogP contribution in [-0.4, -0.2) is 24.1 Å². The number of thioether (sulfide) groups is 1. The van der Waals surface area contributed by atoms with Crippen molar-refractivity contribution in [2.45, 2.75) is 24.4 Å². The molecule has 0 atom stereocenters. The van der Waals surface area contributed by atoms with E-state index in [4.69, 9.17) is 4.42 Å². The smallest absolute Gasteiger partial charge is 0.259 e. The van der Waals surface area contributed by atoms with Crippen molar-refractivity contribution in [2.24, 2.45) is 0 Å². The Morgan fingerprint density at radius 2 is 2.07 bits per heavy atom. The highest BCUT2D eigenvalue weighted by Gasteiger charge is 2.16. The van der Waals surface area contributed by atoms with Gasteiger partial charge in [-0.2, -0.15) is 0 Å². The quantitative estimate of drug-likeness (QED) is 0.407. The number of hydrogen-bond acceptors (Lipinski definition) is 7. The molecule has 0 aliphatic heterocycles. The van der Waals surface area contributed by atoms with E-state index in [0.717, 1.165) is 27.6 Å². The van der Waals surface area contributed by atoms with Crippen LogP contribution in [0.1, 0.15) is 12.6 Å². The summed E-state index contributed by atoms with van der Waals surface area (Å²) in [7, 11) is 0. The Morgan fingerprint density at radius 1 is 1.18 bits per heavy atom. The molecule has 0 aliphatic rings. The maximum atomic E-state index is 12.6. The highest BCUT2D eigenvalue weighted by Crippen LogP contribution is 2.27. The molecule has 140 valence electrons. The lowest BCUT2D eigenvalue weighted by Gasteiger charge is -2.05. The third kappa shape index (κ3) is 2.83. The number of aromatic nitrogens is 5. The van der Waals surface area contributed by atoms with Crippen LogP contribution in [-0.2, 0) is 12.3 Å². The Morgan fingerprint density at radius 3 is 2.89 bits per heavy atom. The second kappa shape index (κ2) is 6.92. The number of benzene rings is 1. The summed E-state index contributed by atoms with van der Waals surface area (Å²) < 4.78 is 10.1. The first-order valence-corrected chi connectivity index (χ1v) is 10.5. The summed E-state index contributed by atoms with van der Waals surface area (Å²) in [4.78, 5) is 18.0. The largest absolute Gasteiger partial charge is 0.461 e.